The summed E-state index contributed by atoms with van der Waals surface area (Å²) in [5.41, 5.74) is 0. The molecule has 0 aliphatic carbocycles. The van der Waals surface area contributed by atoms with Crippen molar-refractivity contribution in [1.82, 2.24) is 0 Å². The lowest BCUT2D eigenvalue weighted by molar-refractivity contribution is -0.104. The van der Waals surface area contributed by atoms with Crippen LogP contribution in [0, 0.1) is 0 Å². The van der Waals surface area contributed by atoms with E-state index in [1.807, 2.05) is 18.2 Å². The van der Waals surface area contributed by atoms with Gasteiger partial charge < -0.3 is 0 Å². The number of hydrogen-bond acceptors (Lipinski definition) is 1. The average molecular weight is 150 g/mol. The standard InChI is InChI=1S/C10H14O/c1-2-3-4-5-6-7-8-9-10-11/h4-10H,2-3H2,1H3/b5-4+,7-6+,9-8+. The number of unbranched alkanes of at least 4 members (excludes halogenated alkanes) is 1. The Balaban J connectivity index is 3.42. The molecule has 0 N–H and O–H groups in total. The van der Waals surface area contributed by atoms with E-state index in [4.69, 9.17) is 0 Å². The van der Waals surface area contributed by atoms with Crippen LogP contribution in [0.15, 0.2) is 36.5 Å². The van der Waals surface area contributed by atoms with Gasteiger partial charge in [0.1, 0.15) is 6.29 Å². The highest BCUT2D eigenvalue weighted by Crippen LogP contribution is 1.88. The molecule has 0 aromatic heterocycles. The molecule has 0 amide bonds. The van der Waals surface area contributed by atoms with E-state index in [9.17, 15) is 4.79 Å². The van der Waals surface area contributed by atoms with Crippen LogP contribution in [-0.4, -0.2) is 6.29 Å². The molecule has 0 fully saturated rings. The lowest BCUT2D eigenvalue weighted by atomic mass is 10.3. The van der Waals surface area contributed by atoms with E-state index in [1.54, 1.807) is 6.08 Å². The van der Waals surface area contributed by atoms with Crippen molar-refractivity contribution >= 4 is 6.29 Å². The van der Waals surface area contributed by atoms with Crippen molar-refractivity contribution in [2.45, 2.75) is 19.8 Å². The molecule has 1 nitrogen and oxygen atoms in total. The molecule has 0 saturated carbocycles. The summed E-state index contributed by atoms with van der Waals surface area (Å²) in [6.07, 6.45) is 14.1. The molecule has 1 heteroatoms. The molecule has 0 aliphatic heterocycles. The van der Waals surface area contributed by atoms with Gasteiger partial charge in [-0.25, -0.2) is 0 Å². The Morgan fingerprint density at radius 1 is 1.00 bits per heavy atom. The van der Waals surface area contributed by atoms with E-state index in [0.29, 0.717) is 0 Å². The largest absolute Gasteiger partial charge is 0.299 e. The van der Waals surface area contributed by atoms with Gasteiger partial charge in [0.15, 0.2) is 0 Å². The Morgan fingerprint density at radius 2 is 1.64 bits per heavy atom. The van der Waals surface area contributed by atoms with Crippen molar-refractivity contribution in [2.75, 3.05) is 0 Å². The van der Waals surface area contributed by atoms with Crippen LogP contribution in [0.1, 0.15) is 19.8 Å². The second kappa shape index (κ2) is 8.89. The van der Waals surface area contributed by atoms with Crippen LogP contribution in [0.3, 0.4) is 0 Å². The summed E-state index contributed by atoms with van der Waals surface area (Å²) >= 11 is 0. The first-order valence-corrected chi connectivity index (χ1v) is 3.85. The second-order valence-electron chi connectivity index (χ2n) is 2.12. The van der Waals surface area contributed by atoms with Gasteiger partial charge in [-0.15, -0.1) is 0 Å². The van der Waals surface area contributed by atoms with Crippen LogP contribution in [0.5, 0.6) is 0 Å². The van der Waals surface area contributed by atoms with E-state index in [2.05, 4.69) is 13.0 Å². The first-order valence-electron chi connectivity index (χ1n) is 3.85. The predicted molar refractivity (Wildman–Crippen MR) is 48.4 cm³/mol. The van der Waals surface area contributed by atoms with Crippen LogP contribution in [0.4, 0.5) is 0 Å². The second-order valence-corrected chi connectivity index (χ2v) is 2.12. The predicted octanol–water partition coefficient (Wildman–Crippen LogP) is 2.65. The van der Waals surface area contributed by atoms with Gasteiger partial charge in [0.25, 0.3) is 0 Å². The number of hydrogen-bond donors (Lipinski definition) is 0. The normalized spacial score (nSPS) is 12.1. The van der Waals surface area contributed by atoms with Gasteiger partial charge in [0.05, 0.1) is 0 Å². The molecule has 0 aromatic rings. The van der Waals surface area contributed by atoms with Gasteiger partial charge in [-0.2, -0.15) is 0 Å². The summed E-state index contributed by atoms with van der Waals surface area (Å²) in [5.74, 6) is 0. The van der Waals surface area contributed by atoms with Gasteiger partial charge in [0.2, 0.25) is 0 Å². The minimum atomic E-state index is 0.764. The van der Waals surface area contributed by atoms with Gasteiger partial charge in [0, 0.05) is 0 Å². The molecule has 0 aromatic carbocycles. The van der Waals surface area contributed by atoms with Crippen molar-refractivity contribution in [3.05, 3.63) is 36.5 Å². The Hall–Kier alpha value is -1.11. The summed E-state index contributed by atoms with van der Waals surface area (Å²) in [6, 6.07) is 0. The number of allylic oxidation sites excluding steroid dienone is 6. The fourth-order valence-corrected chi connectivity index (χ4v) is 0.579. The fourth-order valence-electron chi connectivity index (χ4n) is 0.579. The van der Waals surface area contributed by atoms with Crippen molar-refractivity contribution in [1.29, 1.82) is 0 Å². The molecular weight excluding hydrogens is 136 g/mol. The molecule has 0 radical (unpaired) electrons. The number of carbonyl (C=O) groups excluding carboxylic acids is 1. The van der Waals surface area contributed by atoms with Gasteiger partial charge >= 0.3 is 0 Å². The Bertz CT molecular complexity index is 164. The highest BCUT2D eigenvalue weighted by atomic mass is 16.1. The third kappa shape index (κ3) is 8.89. The van der Waals surface area contributed by atoms with Crippen LogP contribution in [0.25, 0.3) is 0 Å². The molecule has 11 heavy (non-hydrogen) atoms. The monoisotopic (exact) mass is 150 g/mol. The Labute approximate surface area is 68.1 Å². The van der Waals surface area contributed by atoms with Crippen LogP contribution >= 0.6 is 0 Å². The zero-order chi connectivity index (χ0) is 8.36. The van der Waals surface area contributed by atoms with E-state index in [-0.39, 0.29) is 0 Å². The maximum atomic E-state index is 9.80. The fraction of sp³-hybridized carbons (Fsp3) is 0.300. The topological polar surface area (TPSA) is 17.1 Å². The average Bonchev–Trinajstić information content (AvgIpc) is 2.03. The molecule has 0 heterocycles. The molecule has 0 bridgehead atoms. The number of aldehydes is 1. The zero-order valence-electron chi connectivity index (χ0n) is 6.86. The molecular formula is C10H14O. The summed E-state index contributed by atoms with van der Waals surface area (Å²) in [6.45, 7) is 2.14. The third-order valence-corrected chi connectivity index (χ3v) is 1.11. The molecule has 0 atom stereocenters. The van der Waals surface area contributed by atoms with Crippen LogP contribution in [-0.2, 0) is 4.79 Å². The lowest BCUT2D eigenvalue weighted by Gasteiger charge is -1.78. The van der Waals surface area contributed by atoms with E-state index in [0.717, 1.165) is 12.7 Å². The Morgan fingerprint density at radius 3 is 2.27 bits per heavy atom. The van der Waals surface area contributed by atoms with Crippen LogP contribution in [0.2, 0.25) is 0 Å². The summed E-state index contributed by atoms with van der Waals surface area (Å²) in [7, 11) is 0. The molecule has 0 saturated heterocycles. The summed E-state index contributed by atoms with van der Waals surface area (Å²) < 4.78 is 0. The highest BCUT2D eigenvalue weighted by molar-refractivity contribution is 5.65. The smallest absolute Gasteiger partial charge is 0.142 e. The Kier molecular flexibility index (Phi) is 7.99. The van der Waals surface area contributed by atoms with Crippen molar-refractivity contribution < 1.29 is 4.79 Å². The number of carbonyl (C=O) groups is 1. The van der Waals surface area contributed by atoms with E-state index in [1.165, 1.54) is 12.5 Å². The van der Waals surface area contributed by atoms with Crippen LogP contribution < -0.4 is 0 Å². The maximum Gasteiger partial charge on any atom is 0.142 e. The molecule has 0 rings (SSSR count). The summed E-state index contributed by atoms with van der Waals surface area (Å²) in [5, 5.41) is 0. The molecule has 0 unspecified atom stereocenters. The van der Waals surface area contributed by atoms with Crippen molar-refractivity contribution in [3.8, 4) is 0 Å². The zero-order valence-corrected chi connectivity index (χ0v) is 6.86. The lowest BCUT2D eigenvalue weighted by Crippen LogP contribution is -1.59. The van der Waals surface area contributed by atoms with E-state index < -0.39 is 0 Å². The van der Waals surface area contributed by atoms with E-state index >= 15 is 0 Å². The first-order chi connectivity index (χ1) is 5.41. The third-order valence-electron chi connectivity index (χ3n) is 1.11. The number of rotatable bonds is 5. The minimum absolute atomic E-state index is 0.764. The van der Waals surface area contributed by atoms with Crippen molar-refractivity contribution in [3.63, 3.8) is 0 Å². The van der Waals surface area contributed by atoms with Gasteiger partial charge in [-0.3, -0.25) is 4.79 Å². The van der Waals surface area contributed by atoms with Gasteiger partial charge in [-0.05, 0) is 12.5 Å². The highest BCUT2D eigenvalue weighted by Gasteiger charge is 1.68. The molecule has 0 spiro atoms. The quantitative estimate of drug-likeness (QED) is 0.334. The molecule has 60 valence electrons. The van der Waals surface area contributed by atoms with Gasteiger partial charge in [-0.1, -0.05) is 43.7 Å². The van der Waals surface area contributed by atoms with Crippen molar-refractivity contribution in [2.24, 2.45) is 0 Å². The maximum absolute atomic E-state index is 9.80. The summed E-state index contributed by atoms with van der Waals surface area (Å²) in [4.78, 5) is 9.80. The SMILES string of the molecule is CCC/C=C/C=C/C=C/C=O. The minimum Gasteiger partial charge on any atom is -0.299 e. The molecule has 0 aliphatic rings. The first kappa shape index (κ1) is 9.89.